The standard InChI is InChI=1S/C23H24N4O4/c1-15(2)26-22(28)20-21(27(23(26)29)17-10-6-8-12-19(17)31-4)24-14-25(20)13-16-9-5-7-11-18(16)30-3/h5-12,14-15H,13H2,1-4H3. The van der Waals surface area contributed by atoms with Crippen molar-refractivity contribution in [3.05, 3.63) is 81.3 Å². The normalized spacial score (nSPS) is 11.3. The first-order chi connectivity index (χ1) is 15.0. The molecule has 2 aromatic carbocycles. The smallest absolute Gasteiger partial charge is 0.337 e. The lowest BCUT2D eigenvalue weighted by atomic mass is 10.2. The van der Waals surface area contributed by atoms with Crippen LogP contribution in [0.4, 0.5) is 0 Å². The SMILES string of the molecule is COc1ccccc1Cn1cnc2c1c(=O)n(C(C)C)c(=O)n2-c1ccccc1OC. The predicted molar refractivity (Wildman–Crippen MR) is 119 cm³/mol. The van der Waals surface area contributed by atoms with Gasteiger partial charge in [0.1, 0.15) is 11.5 Å². The van der Waals surface area contributed by atoms with E-state index >= 15 is 0 Å². The minimum Gasteiger partial charge on any atom is -0.496 e. The number of hydrogen-bond donors (Lipinski definition) is 0. The van der Waals surface area contributed by atoms with Crippen molar-refractivity contribution in [1.29, 1.82) is 0 Å². The average molecular weight is 420 g/mol. The molecule has 8 nitrogen and oxygen atoms in total. The van der Waals surface area contributed by atoms with Gasteiger partial charge < -0.3 is 14.0 Å². The molecule has 0 spiro atoms. The minimum absolute atomic E-state index is 0.284. The van der Waals surface area contributed by atoms with Gasteiger partial charge in [0.25, 0.3) is 5.56 Å². The molecule has 4 rings (SSSR count). The molecular weight excluding hydrogens is 396 g/mol. The van der Waals surface area contributed by atoms with Gasteiger partial charge in [0.2, 0.25) is 0 Å². The van der Waals surface area contributed by atoms with Crippen molar-refractivity contribution in [2.45, 2.75) is 26.4 Å². The molecule has 4 aromatic rings. The van der Waals surface area contributed by atoms with E-state index in [1.165, 1.54) is 9.13 Å². The van der Waals surface area contributed by atoms with Crippen molar-refractivity contribution in [3.8, 4) is 17.2 Å². The molecule has 0 amide bonds. The fourth-order valence-electron chi connectivity index (χ4n) is 3.78. The number of rotatable bonds is 6. The number of fused-ring (bicyclic) bond motifs is 1. The molecule has 31 heavy (non-hydrogen) atoms. The zero-order chi connectivity index (χ0) is 22.1. The van der Waals surface area contributed by atoms with Crippen LogP contribution in [-0.2, 0) is 6.54 Å². The number of nitrogens with zero attached hydrogens (tertiary/aromatic N) is 4. The van der Waals surface area contributed by atoms with Crippen molar-refractivity contribution in [2.24, 2.45) is 0 Å². The second-order valence-electron chi connectivity index (χ2n) is 7.42. The fourth-order valence-corrected chi connectivity index (χ4v) is 3.78. The lowest BCUT2D eigenvalue weighted by molar-refractivity contribution is 0.408. The third-order valence-electron chi connectivity index (χ3n) is 5.22. The summed E-state index contributed by atoms with van der Waals surface area (Å²) in [7, 11) is 3.15. The number of methoxy groups -OCH3 is 2. The Kier molecular flexibility index (Phi) is 5.37. The molecule has 0 aliphatic carbocycles. The second kappa shape index (κ2) is 8.14. The fraction of sp³-hybridized carbons (Fsp3) is 0.261. The van der Waals surface area contributed by atoms with E-state index in [0.29, 0.717) is 29.2 Å². The summed E-state index contributed by atoms with van der Waals surface area (Å²) < 4.78 is 15.4. The predicted octanol–water partition coefficient (Wildman–Crippen LogP) is 3.00. The molecular formula is C23H24N4O4. The summed E-state index contributed by atoms with van der Waals surface area (Å²) in [5.41, 5.74) is 1.20. The van der Waals surface area contributed by atoms with Crippen LogP contribution in [0.1, 0.15) is 25.5 Å². The van der Waals surface area contributed by atoms with Crippen LogP contribution >= 0.6 is 0 Å². The van der Waals surface area contributed by atoms with E-state index in [-0.39, 0.29) is 17.2 Å². The molecule has 2 aromatic heterocycles. The molecule has 0 fully saturated rings. The molecule has 0 bridgehead atoms. The highest BCUT2D eigenvalue weighted by Gasteiger charge is 2.22. The van der Waals surface area contributed by atoms with Crippen molar-refractivity contribution in [3.63, 3.8) is 0 Å². The molecule has 0 saturated carbocycles. The molecule has 0 radical (unpaired) electrons. The summed E-state index contributed by atoms with van der Waals surface area (Å²) in [5, 5.41) is 0. The van der Waals surface area contributed by atoms with Crippen LogP contribution in [0, 0.1) is 0 Å². The number of hydrogen-bond acceptors (Lipinski definition) is 5. The summed E-state index contributed by atoms with van der Waals surface area (Å²) >= 11 is 0. The Morgan fingerprint density at radius 3 is 2.26 bits per heavy atom. The maximum atomic E-state index is 13.4. The topological polar surface area (TPSA) is 80.3 Å². The Balaban J connectivity index is 2.04. The Morgan fingerprint density at radius 2 is 1.58 bits per heavy atom. The quantitative estimate of drug-likeness (QED) is 0.479. The summed E-state index contributed by atoms with van der Waals surface area (Å²) in [5.74, 6) is 1.23. The molecule has 160 valence electrons. The molecule has 0 atom stereocenters. The summed E-state index contributed by atoms with van der Waals surface area (Å²) in [6, 6.07) is 14.4. The lowest BCUT2D eigenvalue weighted by Gasteiger charge is -2.16. The first-order valence-corrected chi connectivity index (χ1v) is 9.95. The number of aromatic nitrogens is 4. The van der Waals surface area contributed by atoms with Crippen LogP contribution in [0.5, 0.6) is 11.5 Å². The summed E-state index contributed by atoms with van der Waals surface area (Å²) in [4.78, 5) is 31.2. The highest BCUT2D eigenvalue weighted by atomic mass is 16.5. The maximum absolute atomic E-state index is 13.4. The minimum atomic E-state index is -0.459. The van der Waals surface area contributed by atoms with E-state index < -0.39 is 5.69 Å². The van der Waals surface area contributed by atoms with Gasteiger partial charge in [-0.05, 0) is 32.0 Å². The number of para-hydroxylation sites is 3. The summed E-state index contributed by atoms with van der Waals surface area (Å²) in [6.07, 6.45) is 1.58. The van der Waals surface area contributed by atoms with Gasteiger partial charge in [-0.1, -0.05) is 30.3 Å². The molecule has 0 unspecified atom stereocenters. The van der Waals surface area contributed by atoms with E-state index in [0.717, 1.165) is 5.56 Å². The molecule has 0 aliphatic heterocycles. The van der Waals surface area contributed by atoms with Crippen LogP contribution in [0.15, 0.2) is 64.4 Å². The maximum Gasteiger partial charge on any atom is 0.337 e. The zero-order valence-corrected chi connectivity index (χ0v) is 17.9. The Bertz CT molecular complexity index is 1360. The number of ether oxygens (including phenoxy) is 2. The third-order valence-corrected chi connectivity index (χ3v) is 5.22. The highest BCUT2D eigenvalue weighted by Crippen LogP contribution is 2.25. The van der Waals surface area contributed by atoms with Gasteiger partial charge in [-0.25, -0.2) is 14.3 Å². The molecule has 2 heterocycles. The Labute approximate surface area is 178 Å². The molecule has 0 N–H and O–H groups in total. The largest absolute Gasteiger partial charge is 0.496 e. The van der Waals surface area contributed by atoms with E-state index in [9.17, 15) is 9.59 Å². The van der Waals surface area contributed by atoms with E-state index in [2.05, 4.69) is 4.98 Å². The number of imidazole rings is 1. The van der Waals surface area contributed by atoms with Gasteiger partial charge in [0, 0.05) is 11.6 Å². The van der Waals surface area contributed by atoms with Gasteiger partial charge in [0.05, 0.1) is 32.8 Å². The second-order valence-corrected chi connectivity index (χ2v) is 7.42. The van der Waals surface area contributed by atoms with E-state index in [1.54, 1.807) is 37.2 Å². The van der Waals surface area contributed by atoms with Crippen LogP contribution in [-0.4, -0.2) is 32.9 Å². The Morgan fingerprint density at radius 1 is 0.935 bits per heavy atom. The van der Waals surface area contributed by atoms with Gasteiger partial charge in [-0.3, -0.25) is 9.36 Å². The Hall–Kier alpha value is -3.81. The van der Waals surface area contributed by atoms with Gasteiger partial charge in [-0.2, -0.15) is 0 Å². The van der Waals surface area contributed by atoms with Crippen molar-refractivity contribution >= 4 is 11.2 Å². The van der Waals surface area contributed by atoms with Gasteiger partial charge in [-0.15, -0.1) is 0 Å². The highest BCUT2D eigenvalue weighted by molar-refractivity contribution is 5.73. The number of benzene rings is 2. The first kappa shape index (κ1) is 20.5. The molecule has 0 aliphatic rings. The monoisotopic (exact) mass is 420 g/mol. The summed E-state index contributed by atoms with van der Waals surface area (Å²) in [6.45, 7) is 3.99. The van der Waals surface area contributed by atoms with Crippen LogP contribution in [0.3, 0.4) is 0 Å². The first-order valence-electron chi connectivity index (χ1n) is 9.95. The van der Waals surface area contributed by atoms with Gasteiger partial charge in [0.15, 0.2) is 11.2 Å². The van der Waals surface area contributed by atoms with Gasteiger partial charge >= 0.3 is 5.69 Å². The average Bonchev–Trinajstić information content (AvgIpc) is 3.18. The van der Waals surface area contributed by atoms with Crippen molar-refractivity contribution < 1.29 is 9.47 Å². The van der Waals surface area contributed by atoms with Crippen LogP contribution < -0.4 is 20.7 Å². The zero-order valence-electron chi connectivity index (χ0n) is 17.9. The van der Waals surface area contributed by atoms with Crippen LogP contribution in [0.25, 0.3) is 16.9 Å². The van der Waals surface area contributed by atoms with Crippen molar-refractivity contribution in [1.82, 2.24) is 18.7 Å². The van der Waals surface area contributed by atoms with E-state index in [1.807, 2.05) is 50.2 Å². The third kappa shape index (κ3) is 3.39. The lowest BCUT2D eigenvalue weighted by Crippen LogP contribution is -2.41. The van der Waals surface area contributed by atoms with Crippen LogP contribution in [0.2, 0.25) is 0 Å². The van der Waals surface area contributed by atoms with E-state index in [4.69, 9.17) is 9.47 Å². The molecule has 0 saturated heterocycles. The molecule has 8 heteroatoms. The van der Waals surface area contributed by atoms with Crippen molar-refractivity contribution in [2.75, 3.05) is 14.2 Å².